The molecule has 1 fully saturated rings. The molecule has 112 valence electrons. The zero-order valence-electron chi connectivity index (χ0n) is 12.1. The van der Waals surface area contributed by atoms with Crippen molar-refractivity contribution in [1.82, 2.24) is 9.88 Å². The third-order valence-electron chi connectivity index (χ3n) is 3.80. The molecule has 5 heteroatoms. The summed E-state index contributed by atoms with van der Waals surface area (Å²) in [5, 5.41) is 18.2. The first-order chi connectivity index (χ1) is 10.1. The fourth-order valence-corrected chi connectivity index (χ4v) is 2.48. The lowest BCUT2D eigenvalue weighted by Crippen LogP contribution is -2.41. The first-order valence-electron chi connectivity index (χ1n) is 7.15. The van der Waals surface area contributed by atoms with Gasteiger partial charge >= 0.3 is 0 Å². The van der Waals surface area contributed by atoms with Crippen LogP contribution in [0.15, 0.2) is 18.3 Å². The topological polar surface area (TPSA) is 73.7 Å². The number of hydrogen-bond acceptors (Lipinski definition) is 4. The molecule has 1 amide bonds. The van der Waals surface area contributed by atoms with Crippen LogP contribution in [0.3, 0.4) is 0 Å². The quantitative estimate of drug-likeness (QED) is 0.784. The van der Waals surface area contributed by atoms with E-state index in [2.05, 4.69) is 16.8 Å². The smallest absolute Gasteiger partial charge is 0.272 e. The molecule has 0 bridgehead atoms. The standard InChI is InChI=1S/C16H20N2O3/c1-12(20)14-6-8-18(9-7-14)16(21)15-5-4-13(11-17-15)3-2-10-19/h4-5,11-12,14,19-20H,6-10H2,1H3. The number of aromatic nitrogens is 1. The third kappa shape index (κ3) is 4.03. The van der Waals surface area contributed by atoms with Crippen LogP contribution in [0, 0.1) is 17.8 Å². The number of piperidine rings is 1. The van der Waals surface area contributed by atoms with E-state index >= 15 is 0 Å². The highest BCUT2D eigenvalue weighted by molar-refractivity contribution is 5.92. The number of nitrogens with zero attached hydrogens (tertiary/aromatic N) is 2. The van der Waals surface area contributed by atoms with Gasteiger partial charge in [-0.1, -0.05) is 11.8 Å². The summed E-state index contributed by atoms with van der Waals surface area (Å²) in [6, 6.07) is 3.38. The van der Waals surface area contributed by atoms with E-state index in [1.54, 1.807) is 30.2 Å². The van der Waals surface area contributed by atoms with Crippen LogP contribution < -0.4 is 0 Å². The Morgan fingerprint density at radius 1 is 1.48 bits per heavy atom. The Morgan fingerprint density at radius 3 is 2.71 bits per heavy atom. The van der Waals surface area contributed by atoms with E-state index in [1.165, 1.54) is 0 Å². The summed E-state index contributed by atoms with van der Waals surface area (Å²) in [7, 11) is 0. The van der Waals surface area contributed by atoms with Crippen molar-refractivity contribution in [1.29, 1.82) is 0 Å². The van der Waals surface area contributed by atoms with Crippen LogP contribution in [-0.2, 0) is 0 Å². The number of pyridine rings is 1. The Balaban J connectivity index is 1.97. The van der Waals surface area contributed by atoms with Gasteiger partial charge in [-0.3, -0.25) is 4.79 Å². The SMILES string of the molecule is CC(O)C1CCN(C(=O)c2ccc(C#CCO)cn2)CC1. The van der Waals surface area contributed by atoms with Crippen molar-refractivity contribution in [2.24, 2.45) is 5.92 Å². The van der Waals surface area contributed by atoms with Crippen molar-refractivity contribution >= 4 is 5.91 Å². The molecule has 0 aliphatic carbocycles. The summed E-state index contributed by atoms with van der Waals surface area (Å²) in [5.74, 6) is 5.47. The van der Waals surface area contributed by atoms with Crippen molar-refractivity contribution in [2.75, 3.05) is 19.7 Å². The maximum atomic E-state index is 12.3. The Bertz CT molecular complexity index is 535. The Kier molecular flexibility index (Phi) is 5.32. The number of hydrogen-bond donors (Lipinski definition) is 2. The minimum absolute atomic E-state index is 0.0827. The number of amides is 1. The van der Waals surface area contributed by atoms with Crippen LogP contribution in [0.2, 0.25) is 0 Å². The molecular weight excluding hydrogens is 268 g/mol. The Morgan fingerprint density at radius 2 is 2.19 bits per heavy atom. The molecule has 21 heavy (non-hydrogen) atoms. The van der Waals surface area contributed by atoms with Crippen LogP contribution in [0.5, 0.6) is 0 Å². The highest BCUT2D eigenvalue weighted by Crippen LogP contribution is 2.21. The number of carbonyl (C=O) groups excluding carboxylic acids is 1. The summed E-state index contributed by atoms with van der Waals surface area (Å²) in [5.41, 5.74) is 1.08. The van der Waals surface area contributed by atoms with E-state index in [-0.39, 0.29) is 24.5 Å². The highest BCUT2D eigenvalue weighted by atomic mass is 16.3. The maximum absolute atomic E-state index is 12.3. The molecule has 1 saturated heterocycles. The van der Waals surface area contributed by atoms with Crippen molar-refractivity contribution in [3.8, 4) is 11.8 Å². The van der Waals surface area contributed by atoms with Gasteiger partial charge in [0.15, 0.2) is 0 Å². The number of rotatable bonds is 2. The van der Waals surface area contributed by atoms with Gasteiger partial charge in [-0.25, -0.2) is 4.98 Å². The van der Waals surface area contributed by atoms with Crippen LogP contribution in [0.4, 0.5) is 0 Å². The van der Waals surface area contributed by atoms with Crippen molar-refractivity contribution in [3.63, 3.8) is 0 Å². The molecule has 2 N–H and O–H groups in total. The van der Waals surface area contributed by atoms with Gasteiger partial charge in [0.2, 0.25) is 0 Å². The predicted molar refractivity (Wildman–Crippen MR) is 78.5 cm³/mol. The van der Waals surface area contributed by atoms with E-state index in [0.717, 1.165) is 12.8 Å². The molecule has 2 heterocycles. The molecule has 1 aliphatic rings. The lowest BCUT2D eigenvalue weighted by molar-refractivity contribution is 0.0517. The van der Waals surface area contributed by atoms with Gasteiger partial charge in [0.1, 0.15) is 12.3 Å². The number of aliphatic hydroxyl groups excluding tert-OH is 2. The lowest BCUT2D eigenvalue weighted by Gasteiger charge is -2.33. The van der Waals surface area contributed by atoms with E-state index in [0.29, 0.717) is 24.3 Å². The average molecular weight is 288 g/mol. The number of aliphatic hydroxyl groups is 2. The van der Waals surface area contributed by atoms with Gasteiger partial charge in [-0.05, 0) is 37.8 Å². The summed E-state index contributed by atoms with van der Waals surface area (Å²) in [6.07, 6.45) is 2.87. The molecule has 1 unspecified atom stereocenters. The minimum Gasteiger partial charge on any atom is -0.393 e. The Labute approximate surface area is 124 Å². The van der Waals surface area contributed by atoms with Crippen molar-refractivity contribution in [2.45, 2.75) is 25.9 Å². The van der Waals surface area contributed by atoms with Gasteiger partial charge in [-0.15, -0.1) is 0 Å². The van der Waals surface area contributed by atoms with E-state index < -0.39 is 0 Å². The molecule has 1 atom stereocenters. The van der Waals surface area contributed by atoms with Gasteiger partial charge in [0.25, 0.3) is 5.91 Å². The minimum atomic E-state index is -0.315. The van der Waals surface area contributed by atoms with Gasteiger partial charge in [0, 0.05) is 24.8 Å². The van der Waals surface area contributed by atoms with Crippen LogP contribution in [0.1, 0.15) is 35.8 Å². The fourth-order valence-electron chi connectivity index (χ4n) is 2.48. The van der Waals surface area contributed by atoms with E-state index in [1.807, 2.05) is 0 Å². The second kappa shape index (κ2) is 7.21. The highest BCUT2D eigenvalue weighted by Gasteiger charge is 2.26. The zero-order chi connectivity index (χ0) is 15.2. The summed E-state index contributed by atoms with van der Waals surface area (Å²) in [6.45, 7) is 2.92. The molecule has 0 radical (unpaired) electrons. The van der Waals surface area contributed by atoms with Crippen LogP contribution >= 0.6 is 0 Å². The number of carbonyl (C=O) groups is 1. The Hall–Kier alpha value is -1.90. The molecule has 1 aromatic rings. The molecule has 0 aromatic carbocycles. The maximum Gasteiger partial charge on any atom is 0.272 e. The first kappa shape index (κ1) is 15.5. The largest absolute Gasteiger partial charge is 0.393 e. The van der Waals surface area contributed by atoms with Gasteiger partial charge < -0.3 is 15.1 Å². The fraction of sp³-hybridized carbons (Fsp3) is 0.500. The molecule has 2 rings (SSSR count). The summed E-state index contributed by atoms with van der Waals surface area (Å²) in [4.78, 5) is 18.2. The van der Waals surface area contributed by atoms with Crippen LogP contribution in [0.25, 0.3) is 0 Å². The van der Waals surface area contributed by atoms with Crippen molar-refractivity contribution in [3.05, 3.63) is 29.6 Å². The van der Waals surface area contributed by atoms with E-state index in [9.17, 15) is 9.90 Å². The summed E-state index contributed by atoms with van der Waals surface area (Å²) < 4.78 is 0. The normalized spacial score (nSPS) is 17.0. The predicted octanol–water partition coefficient (Wildman–Crippen LogP) is 0.658. The molecule has 1 aliphatic heterocycles. The van der Waals surface area contributed by atoms with Gasteiger partial charge in [-0.2, -0.15) is 0 Å². The molecular formula is C16H20N2O3. The summed E-state index contributed by atoms with van der Waals surface area (Å²) >= 11 is 0. The third-order valence-corrected chi connectivity index (χ3v) is 3.80. The zero-order valence-corrected chi connectivity index (χ0v) is 12.1. The lowest BCUT2D eigenvalue weighted by atomic mass is 9.92. The molecule has 0 saturated carbocycles. The molecule has 1 aromatic heterocycles. The number of likely N-dealkylation sites (tertiary alicyclic amines) is 1. The van der Waals surface area contributed by atoms with E-state index in [4.69, 9.17) is 5.11 Å². The molecule has 0 spiro atoms. The average Bonchev–Trinajstić information content (AvgIpc) is 2.53. The second-order valence-corrected chi connectivity index (χ2v) is 5.26. The monoisotopic (exact) mass is 288 g/mol. The first-order valence-corrected chi connectivity index (χ1v) is 7.15. The second-order valence-electron chi connectivity index (χ2n) is 5.26. The van der Waals surface area contributed by atoms with Crippen LogP contribution in [-0.4, -0.2) is 51.8 Å². The molecule has 5 nitrogen and oxygen atoms in total. The van der Waals surface area contributed by atoms with Gasteiger partial charge in [0.05, 0.1) is 6.10 Å². The van der Waals surface area contributed by atoms with Crippen molar-refractivity contribution < 1.29 is 15.0 Å².